The van der Waals surface area contributed by atoms with Crippen molar-refractivity contribution in [2.75, 3.05) is 19.3 Å². The Bertz CT molecular complexity index is 523. The fraction of sp³-hybridized carbons (Fsp3) is 0.417. The fourth-order valence-corrected chi connectivity index (χ4v) is 1.52. The van der Waals surface area contributed by atoms with E-state index in [0.29, 0.717) is 17.0 Å². The highest BCUT2D eigenvalue weighted by Crippen LogP contribution is 2.31. The van der Waals surface area contributed by atoms with Gasteiger partial charge in [-0.3, -0.25) is 4.79 Å². The molecule has 9 heteroatoms. The van der Waals surface area contributed by atoms with Crippen LogP contribution in [0.4, 0.5) is 32.0 Å². The second kappa shape index (κ2) is 5.82. The minimum absolute atomic E-state index is 0.230. The van der Waals surface area contributed by atoms with Crippen LogP contribution < -0.4 is 5.73 Å². The number of anilines is 1. The van der Waals surface area contributed by atoms with Crippen molar-refractivity contribution in [1.29, 1.82) is 0 Å². The second-order valence-electron chi connectivity index (χ2n) is 4.39. The van der Waals surface area contributed by atoms with Crippen LogP contribution in [0.5, 0.6) is 0 Å². The SMILES string of the molecule is CN(CCC(F)(F)F)C(=O)c1cc(C(F)(F)F)ccc1N. The van der Waals surface area contributed by atoms with Crippen molar-refractivity contribution in [2.45, 2.75) is 18.8 Å². The first-order chi connectivity index (χ1) is 9.42. The number of nitrogen functional groups attached to an aromatic ring is 1. The molecule has 0 fully saturated rings. The Labute approximate surface area is 116 Å². The number of carbonyl (C=O) groups is 1. The lowest BCUT2D eigenvalue weighted by atomic mass is 10.1. The van der Waals surface area contributed by atoms with E-state index in [1.807, 2.05) is 0 Å². The minimum atomic E-state index is -4.67. The molecule has 0 radical (unpaired) electrons. The van der Waals surface area contributed by atoms with E-state index in [4.69, 9.17) is 5.73 Å². The summed E-state index contributed by atoms with van der Waals surface area (Å²) in [7, 11) is 1.06. The number of rotatable bonds is 3. The Morgan fingerprint density at radius 3 is 2.24 bits per heavy atom. The lowest BCUT2D eigenvalue weighted by molar-refractivity contribution is -0.137. The molecular formula is C12H12F6N2O. The number of nitrogens with zero attached hydrogens (tertiary/aromatic N) is 1. The van der Waals surface area contributed by atoms with E-state index in [-0.39, 0.29) is 5.69 Å². The van der Waals surface area contributed by atoms with Gasteiger partial charge < -0.3 is 10.6 Å². The van der Waals surface area contributed by atoms with E-state index in [9.17, 15) is 31.1 Å². The number of alkyl halides is 6. The van der Waals surface area contributed by atoms with Gasteiger partial charge in [0.2, 0.25) is 0 Å². The largest absolute Gasteiger partial charge is 0.416 e. The highest BCUT2D eigenvalue weighted by atomic mass is 19.4. The smallest absolute Gasteiger partial charge is 0.398 e. The maximum Gasteiger partial charge on any atom is 0.416 e. The molecule has 0 aliphatic rings. The third-order valence-corrected chi connectivity index (χ3v) is 2.69. The molecule has 0 spiro atoms. The van der Waals surface area contributed by atoms with Gasteiger partial charge in [0, 0.05) is 19.3 Å². The quantitative estimate of drug-likeness (QED) is 0.687. The molecule has 0 atom stereocenters. The van der Waals surface area contributed by atoms with Crippen molar-refractivity contribution in [1.82, 2.24) is 4.90 Å². The molecule has 0 aromatic heterocycles. The molecule has 0 heterocycles. The van der Waals surface area contributed by atoms with E-state index < -0.39 is 42.4 Å². The van der Waals surface area contributed by atoms with Crippen LogP contribution in [0.25, 0.3) is 0 Å². The number of amides is 1. The Balaban J connectivity index is 2.96. The first-order valence-corrected chi connectivity index (χ1v) is 5.71. The third-order valence-electron chi connectivity index (χ3n) is 2.69. The van der Waals surface area contributed by atoms with Crippen molar-refractivity contribution in [2.24, 2.45) is 0 Å². The van der Waals surface area contributed by atoms with Crippen molar-refractivity contribution in [3.63, 3.8) is 0 Å². The summed E-state index contributed by atoms with van der Waals surface area (Å²) in [5.74, 6) is -0.997. The number of hydrogen-bond acceptors (Lipinski definition) is 2. The van der Waals surface area contributed by atoms with Gasteiger partial charge in [0.25, 0.3) is 5.91 Å². The molecular weight excluding hydrogens is 302 g/mol. The zero-order chi connectivity index (χ0) is 16.4. The predicted octanol–water partition coefficient (Wildman–Crippen LogP) is 3.31. The van der Waals surface area contributed by atoms with Crippen LogP contribution in [0.1, 0.15) is 22.3 Å². The minimum Gasteiger partial charge on any atom is -0.398 e. The molecule has 0 saturated heterocycles. The van der Waals surface area contributed by atoms with Crippen LogP contribution in [0.15, 0.2) is 18.2 Å². The first-order valence-electron chi connectivity index (χ1n) is 5.71. The van der Waals surface area contributed by atoms with Gasteiger partial charge in [-0.05, 0) is 18.2 Å². The van der Waals surface area contributed by atoms with Gasteiger partial charge in [0.1, 0.15) is 0 Å². The summed E-state index contributed by atoms with van der Waals surface area (Å²) in [5, 5.41) is 0. The van der Waals surface area contributed by atoms with Crippen LogP contribution in [0.2, 0.25) is 0 Å². The van der Waals surface area contributed by atoms with Crippen molar-refractivity contribution in [3.8, 4) is 0 Å². The summed E-state index contributed by atoms with van der Waals surface area (Å²) in [6, 6.07) is 2.12. The molecule has 3 nitrogen and oxygen atoms in total. The van der Waals surface area contributed by atoms with E-state index in [1.165, 1.54) is 0 Å². The van der Waals surface area contributed by atoms with Gasteiger partial charge in [-0.15, -0.1) is 0 Å². The molecule has 0 saturated carbocycles. The number of nitrogens with two attached hydrogens (primary N) is 1. The van der Waals surface area contributed by atoms with Crippen LogP contribution in [-0.2, 0) is 6.18 Å². The van der Waals surface area contributed by atoms with Gasteiger partial charge in [0.15, 0.2) is 0 Å². The molecule has 0 aliphatic heterocycles. The monoisotopic (exact) mass is 314 g/mol. The lowest BCUT2D eigenvalue weighted by Crippen LogP contribution is -2.31. The van der Waals surface area contributed by atoms with Crippen molar-refractivity contribution in [3.05, 3.63) is 29.3 Å². The lowest BCUT2D eigenvalue weighted by Gasteiger charge is -2.19. The van der Waals surface area contributed by atoms with Crippen molar-refractivity contribution < 1.29 is 31.1 Å². The molecule has 0 aliphatic carbocycles. The van der Waals surface area contributed by atoms with Crippen LogP contribution in [-0.4, -0.2) is 30.6 Å². The zero-order valence-electron chi connectivity index (χ0n) is 10.8. The van der Waals surface area contributed by atoms with Crippen LogP contribution in [0, 0.1) is 0 Å². The molecule has 21 heavy (non-hydrogen) atoms. The van der Waals surface area contributed by atoms with Gasteiger partial charge in [-0.2, -0.15) is 26.3 Å². The summed E-state index contributed by atoms with van der Waals surface area (Å²) >= 11 is 0. The second-order valence-corrected chi connectivity index (χ2v) is 4.39. The van der Waals surface area contributed by atoms with Gasteiger partial charge in [0.05, 0.1) is 17.5 Å². The zero-order valence-corrected chi connectivity index (χ0v) is 10.8. The average molecular weight is 314 g/mol. The van der Waals surface area contributed by atoms with Crippen LogP contribution in [0.3, 0.4) is 0 Å². The Kier molecular flexibility index (Phi) is 4.75. The van der Waals surface area contributed by atoms with E-state index in [0.717, 1.165) is 13.1 Å². The van der Waals surface area contributed by atoms with E-state index in [1.54, 1.807) is 0 Å². The summed E-state index contributed by atoms with van der Waals surface area (Å²) in [6.45, 7) is -0.669. The topological polar surface area (TPSA) is 46.3 Å². The molecule has 0 bridgehead atoms. The summed E-state index contributed by atoms with van der Waals surface area (Å²) in [6.07, 6.45) is -10.4. The summed E-state index contributed by atoms with van der Waals surface area (Å²) < 4.78 is 73.9. The molecule has 1 amide bonds. The van der Waals surface area contributed by atoms with Crippen LogP contribution >= 0.6 is 0 Å². The van der Waals surface area contributed by atoms with E-state index >= 15 is 0 Å². The maximum atomic E-state index is 12.6. The molecule has 118 valence electrons. The normalized spacial score (nSPS) is 12.3. The molecule has 2 N–H and O–H groups in total. The highest BCUT2D eigenvalue weighted by Gasteiger charge is 2.32. The number of halogens is 6. The maximum absolute atomic E-state index is 12.6. The summed E-state index contributed by atoms with van der Waals surface area (Å²) in [4.78, 5) is 12.6. The predicted molar refractivity (Wildman–Crippen MR) is 63.5 cm³/mol. The van der Waals surface area contributed by atoms with Gasteiger partial charge >= 0.3 is 12.4 Å². The average Bonchev–Trinajstić information content (AvgIpc) is 2.33. The fourth-order valence-electron chi connectivity index (χ4n) is 1.52. The molecule has 0 unspecified atom stereocenters. The van der Waals surface area contributed by atoms with Gasteiger partial charge in [-0.1, -0.05) is 0 Å². The van der Waals surface area contributed by atoms with Crippen molar-refractivity contribution >= 4 is 11.6 Å². The molecule has 1 rings (SSSR count). The Morgan fingerprint density at radius 1 is 1.19 bits per heavy atom. The van der Waals surface area contributed by atoms with Gasteiger partial charge in [-0.25, -0.2) is 0 Å². The summed E-state index contributed by atoms with van der Waals surface area (Å²) in [5.41, 5.74) is 3.62. The highest BCUT2D eigenvalue weighted by molar-refractivity contribution is 5.99. The molecule has 1 aromatic carbocycles. The standard InChI is InChI=1S/C12H12F6N2O/c1-20(5-4-11(13,14)15)10(21)8-6-7(12(16,17)18)2-3-9(8)19/h2-3,6H,4-5,19H2,1H3. The molecule has 1 aromatic rings. The Hall–Kier alpha value is -1.93. The third kappa shape index (κ3) is 4.83. The Morgan fingerprint density at radius 2 is 1.76 bits per heavy atom. The number of hydrogen-bond donors (Lipinski definition) is 1. The first kappa shape index (κ1) is 17.1. The van der Waals surface area contributed by atoms with E-state index in [2.05, 4.69) is 0 Å². The number of carbonyl (C=O) groups excluding carboxylic acids is 1. The number of benzene rings is 1.